The summed E-state index contributed by atoms with van der Waals surface area (Å²) in [6.07, 6.45) is 0.541. The zero-order valence-corrected chi connectivity index (χ0v) is 11.2. The van der Waals surface area contributed by atoms with E-state index in [1.807, 2.05) is 30.3 Å². The molecule has 1 aromatic carbocycles. The molecule has 1 unspecified atom stereocenters. The summed E-state index contributed by atoms with van der Waals surface area (Å²) in [7, 11) is 0. The van der Waals surface area contributed by atoms with Crippen molar-refractivity contribution in [3.63, 3.8) is 0 Å². The van der Waals surface area contributed by atoms with Crippen LogP contribution in [-0.2, 0) is 0 Å². The topological polar surface area (TPSA) is 75.1 Å². The highest BCUT2D eigenvalue weighted by molar-refractivity contribution is 7.18. The number of amides is 1. The molecule has 20 heavy (non-hydrogen) atoms. The van der Waals surface area contributed by atoms with E-state index in [9.17, 15) is 4.79 Å². The van der Waals surface area contributed by atoms with Crippen molar-refractivity contribution in [3.8, 4) is 0 Å². The van der Waals surface area contributed by atoms with Gasteiger partial charge in [0.2, 0.25) is 0 Å². The predicted molar refractivity (Wildman–Crippen MR) is 76.9 cm³/mol. The van der Waals surface area contributed by atoms with Gasteiger partial charge in [0.1, 0.15) is 11.0 Å². The molecule has 0 bridgehead atoms. The molecule has 5 nitrogen and oxygen atoms in total. The molecule has 100 valence electrons. The molecule has 1 amide bonds. The highest BCUT2D eigenvalue weighted by Gasteiger charge is 2.21. The quantitative estimate of drug-likeness (QED) is 0.775. The van der Waals surface area contributed by atoms with Gasteiger partial charge in [-0.1, -0.05) is 18.2 Å². The average Bonchev–Trinajstić information content (AvgIpc) is 2.89. The van der Waals surface area contributed by atoms with E-state index in [0.717, 1.165) is 10.2 Å². The summed E-state index contributed by atoms with van der Waals surface area (Å²) in [5.74, 6) is 0. The van der Waals surface area contributed by atoms with Crippen molar-refractivity contribution in [2.45, 2.75) is 6.04 Å². The third-order valence-corrected chi connectivity index (χ3v) is 3.91. The number of rotatable bonds is 3. The zero-order valence-electron chi connectivity index (χ0n) is 10.4. The Kier molecular flexibility index (Phi) is 3.30. The molecule has 0 radical (unpaired) electrons. The number of carbonyl (C=O) groups is 1. The fourth-order valence-electron chi connectivity index (χ4n) is 1.95. The lowest BCUT2D eigenvalue weighted by molar-refractivity contribution is 0.191. The first-order valence-electron chi connectivity index (χ1n) is 6.00. The Morgan fingerprint density at radius 1 is 1.20 bits per heavy atom. The largest absolute Gasteiger partial charge is 0.465 e. The summed E-state index contributed by atoms with van der Waals surface area (Å²) in [6, 6.07) is 12.6. The second kappa shape index (κ2) is 5.26. The molecular weight excluding hydrogens is 274 g/mol. The number of para-hydroxylation sites is 1. The number of aromatic nitrogens is 2. The third kappa shape index (κ3) is 2.46. The molecular formula is C14H11N3O2S. The fraction of sp³-hybridized carbons (Fsp3) is 0.0714. The van der Waals surface area contributed by atoms with Crippen LogP contribution in [0.1, 0.15) is 16.7 Å². The first-order valence-corrected chi connectivity index (χ1v) is 6.81. The van der Waals surface area contributed by atoms with Crippen molar-refractivity contribution in [3.05, 3.63) is 59.4 Å². The normalized spacial score (nSPS) is 12.2. The van der Waals surface area contributed by atoms with Crippen LogP contribution in [0.25, 0.3) is 10.2 Å². The van der Waals surface area contributed by atoms with Crippen molar-refractivity contribution < 1.29 is 9.90 Å². The first-order chi connectivity index (χ1) is 9.74. The Balaban J connectivity index is 2.06. The minimum Gasteiger partial charge on any atom is -0.465 e. The number of carboxylic acid groups (broad SMARTS) is 1. The predicted octanol–water partition coefficient (Wildman–Crippen LogP) is 3.05. The van der Waals surface area contributed by atoms with E-state index in [4.69, 9.17) is 5.11 Å². The summed E-state index contributed by atoms with van der Waals surface area (Å²) in [6.45, 7) is 0. The smallest absolute Gasteiger partial charge is 0.405 e. The van der Waals surface area contributed by atoms with Gasteiger partial charge in [0, 0.05) is 6.20 Å². The van der Waals surface area contributed by atoms with Crippen molar-refractivity contribution in [1.29, 1.82) is 0 Å². The van der Waals surface area contributed by atoms with Crippen LogP contribution < -0.4 is 5.32 Å². The van der Waals surface area contributed by atoms with Gasteiger partial charge in [-0.25, -0.2) is 9.78 Å². The molecule has 2 aromatic heterocycles. The molecule has 0 aliphatic heterocycles. The molecule has 0 spiro atoms. The molecule has 3 aromatic rings. The van der Waals surface area contributed by atoms with Gasteiger partial charge in [-0.15, -0.1) is 11.3 Å². The lowest BCUT2D eigenvalue weighted by atomic mass is 10.2. The number of pyridine rings is 1. The Morgan fingerprint density at radius 3 is 2.70 bits per heavy atom. The molecule has 0 fully saturated rings. The van der Waals surface area contributed by atoms with Crippen LogP contribution in [0.2, 0.25) is 0 Å². The number of hydrogen-bond donors (Lipinski definition) is 2. The van der Waals surface area contributed by atoms with Crippen molar-refractivity contribution in [2.75, 3.05) is 0 Å². The number of thiazole rings is 1. The molecule has 2 N–H and O–H groups in total. The van der Waals surface area contributed by atoms with Gasteiger partial charge in [0.15, 0.2) is 0 Å². The molecule has 1 atom stereocenters. The van der Waals surface area contributed by atoms with Crippen LogP contribution in [0.5, 0.6) is 0 Å². The highest BCUT2D eigenvalue weighted by atomic mass is 32.1. The van der Waals surface area contributed by atoms with Crippen LogP contribution in [-0.4, -0.2) is 21.2 Å². The van der Waals surface area contributed by atoms with E-state index >= 15 is 0 Å². The van der Waals surface area contributed by atoms with E-state index in [2.05, 4.69) is 15.3 Å². The average molecular weight is 285 g/mol. The van der Waals surface area contributed by atoms with Crippen LogP contribution in [0.4, 0.5) is 4.79 Å². The molecule has 6 heteroatoms. The molecule has 0 aliphatic rings. The molecule has 0 saturated heterocycles. The second-order valence-electron chi connectivity index (χ2n) is 4.16. The number of fused-ring (bicyclic) bond motifs is 1. The monoisotopic (exact) mass is 285 g/mol. The van der Waals surface area contributed by atoms with Gasteiger partial charge >= 0.3 is 6.09 Å². The molecule has 3 rings (SSSR count). The minimum absolute atomic E-state index is 0.550. The maximum Gasteiger partial charge on any atom is 0.405 e. The number of nitrogens with one attached hydrogen (secondary N) is 1. The van der Waals surface area contributed by atoms with E-state index in [0.29, 0.717) is 10.7 Å². The van der Waals surface area contributed by atoms with Crippen molar-refractivity contribution in [1.82, 2.24) is 15.3 Å². The molecule has 0 aliphatic carbocycles. The summed E-state index contributed by atoms with van der Waals surface area (Å²) >= 11 is 1.47. The van der Waals surface area contributed by atoms with Gasteiger partial charge < -0.3 is 10.4 Å². The lowest BCUT2D eigenvalue weighted by Crippen LogP contribution is -2.28. The zero-order chi connectivity index (χ0) is 13.9. The Hall–Kier alpha value is -2.47. The third-order valence-electron chi connectivity index (χ3n) is 2.81. The van der Waals surface area contributed by atoms with Crippen LogP contribution >= 0.6 is 11.3 Å². The van der Waals surface area contributed by atoms with Gasteiger partial charge in [-0.3, -0.25) is 4.98 Å². The van der Waals surface area contributed by atoms with Gasteiger partial charge in [0.25, 0.3) is 0 Å². The Labute approximate surface area is 118 Å². The maximum atomic E-state index is 11.0. The maximum absolute atomic E-state index is 11.0. The van der Waals surface area contributed by atoms with Crippen LogP contribution in [0.15, 0.2) is 48.7 Å². The Bertz CT molecular complexity index is 709. The minimum atomic E-state index is -1.10. The van der Waals surface area contributed by atoms with E-state index in [-0.39, 0.29) is 0 Å². The summed E-state index contributed by atoms with van der Waals surface area (Å²) < 4.78 is 1.02. The standard InChI is InChI=1S/C14H11N3O2S/c18-14(19)17-12(10-6-3-4-8-15-10)13-16-9-5-1-2-7-11(9)20-13/h1-8,12,17H,(H,18,19). The first kappa shape index (κ1) is 12.6. The van der Waals surface area contributed by atoms with Gasteiger partial charge in [-0.05, 0) is 24.3 Å². The number of benzene rings is 1. The van der Waals surface area contributed by atoms with Crippen molar-refractivity contribution in [2.24, 2.45) is 0 Å². The SMILES string of the molecule is O=C(O)NC(c1ccccn1)c1nc2ccccc2s1. The highest BCUT2D eigenvalue weighted by Crippen LogP contribution is 2.29. The summed E-state index contributed by atoms with van der Waals surface area (Å²) in [5, 5.41) is 12.2. The molecule has 0 saturated carbocycles. The second-order valence-corrected chi connectivity index (χ2v) is 5.22. The van der Waals surface area contributed by atoms with Crippen LogP contribution in [0, 0.1) is 0 Å². The van der Waals surface area contributed by atoms with E-state index < -0.39 is 12.1 Å². The van der Waals surface area contributed by atoms with Gasteiger partial charge in [-0.2, -0.15) is 0 Å². The van der Waals surface area contributed by atoms with Crippen molar-refractivity contribution >= 4 is 27.6 Å². The van der Waals surface area contributed by atoms with E-state index in [1.54, 1.807) is 18.3 Å². The number of nitrogens with zero attached hydrogens (tertiary/aromatic N) is 2. The van der Waals surface area contributed by atoms with Gasteiger partial charge in [0.05, 0.1) is 15.9 Å². The fourth-order valence-corrected chi connectivity index (χ4v) is 2.98. The van der Waals surface area contributed by atoms with E-state index in [1.165, 1.54) is 11.3 Å². The summed E-state index contributed by atoms with van der Waals surface area (Å²) in [4.78, 5) is 19.7. The molecule has 2 heterocycles. The summed E-state index contributed by atoms with van der Waals surface area (Å²) in [5.41, 5.74) is 1.49. The Morgan fingerprint density at radius 2 is 2.00 bits per heavy atom. The number of hydrogen-bond acceptors (Lipinski definition) is 4. The lowest BCUT2D eigenvalue weighted by Gasteiger charge is -2.13. The van der Waals surface area contributed by atoms with Crippen LogP contribution in [0.3, 0.4) is 0 Å².